The lowest BCUT2D eigenvalue weighted by Crippen LogP contribution is -2.14. The summed E-state index contributed by atoms with van der Waals surface area (Å²) >= 11 is 8.30. The molecule has 0 saturated heterocycles. The van der Waals surface area contributed by atoms with E-state index in [1.165, 1.54) is 0 Å². The Bertz CT molecular complexity index is 352. The SMILES string of the molecule is CC(C)Oc1ccc(Br)cc1C(N)=S. The van der Waals surface area contributed by atoms with Crippen LogP contribution in [-0.2, 0) is 0 Å². The molecular formula is C10H12BrNOS. The number of nitrogens with two attached hydrogens (primary N) is 1. The van der Waals surface area contributed by atoms with Crippen LogP contribution in [0.15, 0.2) is 22.7 Å². The third-order valence-electron chi connectivity index (χ3n) is 1.57. The number of benzene rings is 1. The molecule has 2 N–H and O–H groups in total. The van der Waals surface area contributed by atoms with Gasteiger partial charge in [-0.2, -0.15) is 0 Å². The molecule has 0 aliphatic carbocycles. The zero-order valence-electron chi connectivity index (χ0n) is 8.08. The van der Waals surface area contributed by atoms with Gasteiger partial charge in [0.1, 0.15) is 10.7 Å². The van der Waals surface area contributed by atoms with Crippen LogP contribution in [0.5, 0.6) is 5.75 Å². The smallest absolute Gasteiger partial charge is 0.129 e. The zero-order chi connectivity index (χ0) is 10.7. The maximum absolute atomic E-state index is 5.59. The van der Waals surface area contributed by atoms with Gasteiger partial charge in [0.2, 0.25) is 0 Å². The highest BCUT2D eigenvalue weighted by atomic mass is 79.9. The number of thiocarbonyl (C=S) groups is 1. The highest BCUT2D eigenvalue weighted by Gasteiger charge is 2.08. The lowest BCUT2D eigenvalue weighted by atomic mass is 10.2. The summed E-state index contributed by atoms with van der Waals surface area (Å²) in [5.41, 5.74) is 6.36. The molecule has 0 atom stereocenters. The molecule has 0 saturated carbocycles. The third-order valence-corrected chi connectivity index (χ3v) is 2.28. The first-order chi connectivity index (χ1) is 6.50. The summed E-state index contributed by atoms with van der Waals surface area (Å²) in [5.74, 6) is 0.732. The summed E-state index contributed by atoms with van der Waals surface area (Å²) < 4.78 is 6.51. The summed E-state index contributed by atoms with van der Waals surface area (Å²) in [7, 11) is 0. The maximum Gasteiger partial charge on any atom is 0.129 e. The predicted molar refractivity (Wildman–Crippen MR) is 65.8 cm³/mol. The minimum absolute atomic E-state index is 0.115. The summed E-state index contributed by atoms with van der Waals surface area (Å²) in [6.45, 7) is 3.93. The molecule has 1 rings (SSSR count). The Morgan fingerprint density at radius 2 is 2.14 bits per heavy atom. The fourth-order valence-corrected chi connectivity index (χ4v) is 1.57. The number of hydrogen-bond acceptors (Lipinski definition) is 2. The van der Waals surface area contributed by atoms with E-state index in [9.17, 15) is 0 Å². The van der Waals surface area contributed by atoms with E-state index in [4.69, 9.17) is 22.7 Å². The molecule has 0 amide bonds. The van der Waals surface area contributed by atoms with Gasteiger partial charge in [0.15, 0.2) is 0 Å². The molecule has 0 unspecified atom stereocenters. The van der Waals surface area contributed by atoms with Crippen LogP contribution in [0.1, 0.15) is 19.4 Å². The second-order valence-electron chi connectivity index (χ2n) is 3.17. The Hall–Kier alpha value is -0.610. The molecule has 0 heterocycles. The molecule has 0 spiro atoms. The molecule has 0 fully saturated rings. The van der Waals surface area contributed by atoms with Crippen molar-refractivity contribution >= 4 is 33.1 Å². The van der Waals surface area contributed by atoms with Crippen molar-refractivity contribution in [3.63, 3.8) is 0 Å². The van der Waals surface area contributed by atoms with Gasteiger partial charge in [0.25, 0.3) is 0 Å². The second kappa shape index (κ2) is 4.75. The monoisotopic (exact) mass is 273 g/mol. The minimum atomic E-state index is 0.115. The van der Waals surface area contributed by atoms with Gasteiger partial charge in [0, 0.05) is 4.47 Å². The fourth-order valence-electron chi connectivity index (χ4n) is 1.05. The molecule has 76 valence electrons. The summed E-state index contributed by atoms with van der Waals surface area (Å²) in [4.78, 5) is 0.349. The topological polar surface area (TPSA) is 35.2 Å². The van der Waals surface area contributed by atoms with E-state index in [1.807, 2.05) is 32.0 Å². The van der Waals surface area contributed by atoms with E-state index in [0.717, 1.165) is 15.8 Å². The molecule has 1 aromatic rings. The summed E-state index contributed by atoms with van der Waals surface area (Å²) in [5, 5.41) is 0. The van der Waals surface area contributed by atoms with E-state index >= 15 is 0 Å². The van der Waals surface area contributed by atoms with Crippen molar-refractivity contribution in [1.29, 1.82) is 0 Å². The van der Waals surface area contributed by atoms with Crippen molar-refractivity contribution in [1.82, 2.24) is 0 Å². The second-order valence-corrected chi connectivity index (χ2v) is 4.53. The Morgan fingerprint density at radius 3 is 2.64 bits per heavy atom. The molecule has 2 nitrogen and oxygen atoms in total. The van der Waals surface area contributed by atoms with Crippen LogP contribution in [0.3, 0.4) is 0 Å². The van der Waals surface area contributed by atoms with Crippen LogP contribution in [-0.4, -0.2) is 11.1 Å². The predicted octanol–water partition coefficient (Wildman–Crippen LogP) is 2.87. The lowest BCUT2D eigenvalue weighted by molar-refractivity contribution is 0.242. The Morgan fingerprint density at radius 1 is 1.50 bits per heavy atom. The molecule has 1 aromatic carbocycles. The van der Waals surface area contributed by atoms with E-state index in [-0.39, 0.29) is 6.10 Å². The zero-order valence-corrected chi connectivity index (χ0v) is 10.5. The van der Waals surface area contributed by atoms with Crippen molar-refractivity contribution in [2.75, 3.05) is 0 Å². The van der Waals surface area contributed by atoms with Crippen molar-refractivity contribution in [3.05, 3.63) is 28.2 Å². The Balaban J connectivity index is 3.08. The first-order valence-electron chi connectivity index (χ1n) is 4.26. The summed E-state index contributed by atoms with van der Waals surface area (Å²) in [6, 6.07) is 5.62. The quantitative estimate of drug-likeness (QED) is 0.861. The highest BCUT2D eigenvalue weighted by molar-refractivity contribution is 9.10. The van der Waals surface area contributed by atoms with Crippen molar-refractivity contribution in [2.45, 2.75) is 20.0 Å². The van der Waals surface area contributed by atoms with Crippen LogP contribution >= 0.6 is 28.1 Å². The van der Waals surface area contributed by atoms with Crippen LogP contribution in [0.2, 0.25) is 0 Å². The Labute approximate surface area is 97.6 Å². The van der Waals surface area contributed by atoms with Crippen molar-refractivity contribution < 1.29 is 4.74 Å². The summed E-state index contributed by atoms with van der Waals surface area (Å²) in [6.07, 6.45) is 0.115. The van der Waals surface area contributed by atoms with Crippen molar-refractivity contribution in [3.8, 4) is 5.75 Å². The average Bonchev–Trinajstić information content (AvgIpc) is 2.07. The molecule has 0 aromatic heterocycles. The first kappa shape index (κ1) is 11.5. The standard InChI is InChI=1S/C10H12BrNOS/c1-6(2)13-9-4-3-7(11)5-8(9)10(12)14/h3-6H,1-2H3,(H2,12,14). The van der Waals surface area contributed by atoms with Gasteiger partial charge in [-0.1, -0.05) is 28.1 Å². The van der Waals surface area contributed by atoms with Gasteiger partial charge in [-0.05, 0) is 32.0 Å². The molecule has 14 heavy (non-hydrogen) atoms. The van der Waals surface area contributed by atoms with Crippen LogP contribution in [0, 0.1) is 0 Å². The third kappa shape index (κ3) is 2.96. The molecular weight excluding hydrogens is 262 g/mol. The molecule has 0 radical (unpaired) electrons. The first-order valence-corrected chi connectivity index (χ1v) is 5.47. The van der Waals surface area contributed by atoms with Gasteiger partial charge >= 0.3 is 0 Å². The van der Waals surface area contributed by atoms with Gasteiger partial charge in [-0.3, -0.25) is 0 Å². The number of rotatable bonds is 3. The van der Waals surface area contributed by atoms with Gasteiger partial charge in [-0.15, -0.1) is 0 Å². The van der Waals surface area contributed by atoms with Crippen LogP contribution in [0.4, 0.5) is 0 Å². The number of hydrogen-bond donors (Lipinski definition) is 1. The van der Waals surface area contributed by atoms with E-state index in [1.54, 1.807) is 0 Å². The molecule has 0 aliphatic rings. The van der Waals surface area contributed by atoms with Gasteiger partial charge < -0.3 is 10.5 Å². The molecule has 4 heteroatoms. The minimum Gasteiger partial charge on any atom is -0.490 e. The van der Waals surface area contributed by atoms with Gasteiger partial charge in [-0.25, -0.2) is 0 Å². The lowest BCUT2D eigenvalue weighted by Gasteiger charge is -2.13. The maximum atomic E-state index is 5.59. The van der Waals surface area contributed by atoms with Crippen LogP contribution < -0.4 is 10.5 Å². The Kier molecular flexibility index (Phi) is 3.89. The highest BCUT2D eigenvalue weighted by Crippen LogP contribution is 2.23. The molecule has 0 aliphatic heterocycles. The van der Waals surface area contributed by atoms with E-state index in [2.05, 4.69) is 15.9 Å². The van der Waals surface area contributed by atoms with Gasteiger partial charge in [0.05, 0.1) is 11.7 Å². The van der Waals surface area contributed by atoms with Crippen molar-refractivity contribution in [2.24, 2.45) is 5.73 Å². The molecule has 0 bridgehead atoms. The van der Waals surface area contributed by atoms with Crippen LogP contribution in [0.25, 0.3) is 0 Å². The largest absolute Gasteiger partial charge is 0.490 e. The number of halogens is 1. The normalized spacial score (nSPS) is 10.3. The fraction of sp³-hybridized carbons (Fsp3) is 0.300. The number of ether oxygens (including phenoxy) is 1. The average molecular weight is 274 g/mol. The van der Waals surface area contributed by atoms with E-state index in [0.29, 0.717) is 4.99 Å². The van der Waals surface area contributed by atoms with E-state index < -0.39 is 0 Å².